The summed E-state index contributed by atoms with van der Waals surface area (Å²) in [6, 6.07) is 10.1. The summed E-state index contributed by atoms with van der Waals surface area (Å²) in [6.07, 6.45) is 3.64. The van der Waals surface area contributed by atoms with Crippen LogP contribution in [-0.2, 0) is 23.7 Å². The maximum atomic E-state index is 12.8. The Balaban J connectivity index is 1.91. The molecule has 2 aliphatic carbocycles. The van der Waals surface area contributed by atoms with Gasteiger partial charge in [0, 0.05) is 29.0 Å². The lowest BCUT2D eigenvalue weighted by molar-refractivity contribution is -0.128. The molecule has 0 bridgehead atoms. The van der Waals surface area contributed by atoms with Gasteiger partial charge in [0.25, 0.3) is 0 Å². The molecule has 5 nitrogen and oxygen atoms in total. The molecule has 0 saturated heterocycles. The minimum absolute atomic E-state index is 0.0489. The van der Waals surface area contributed by atoms with Gasteiger partial charge in [0.05, 0.1) is 24.1 Å². The van der Waals surface area contributed by atoms with Crippen molar-refractivity contribution in [1.29, 1.82) is 5.26 Å². The van der Waals surface area contributed by atoms with E-state index in [9.17, 15) is 10.1 Å². The van der Waals surface area contributed by atoms with Gasteiger partial charge in [0.1, 0.15) is 11.8 Å². The molecular formula is C23H25N3O2. The van der Waals surface area contributed by atoms with E-state index < -0.39 is 10.8 Å². The van der Waals surface area contributed by atoms with Gasteiger partial charge in [-0.3, -0.25) is 9.48 Å². The van der Waals surface area contributed by atoms with Crippen LogP contribution < -0.4 is 4.74 Å². The number of hydrogen-bond acceptors (Lipinski definition) is 4. The molecule has 0 saturated carbocycles. The van der Waals surface area contributed by atoms with Crippen molar-refractivity contribution in [2.45, 2.75) is 39.0 Å². The SMILES string of the molecule is COc1ccc(-c2c3c(nn2C)[C@@]2(C)C=C(C#N)C(=O)C(C)(C)C2CC3)cc1. The van der Waals surface area contributed by atoms with E-state index in [4.69, 9.17) is 9.84 Å². The number of ketones is 1. The van der Waals surface area contributed by atoms with E-state index in [0.717, 1.165) is 35.5 Å². The molecule has 144 valence electrons. The number of allylic oxidation sites excluding steroid dienone is 2. The van der Waals surface area contributed by atoms with E-state index in [1.165, 1.54) is 5.56 Å². The van der Waals surface area contributed by atoms with E-state index in [1.807, 2.05) is 43.8 Å². The summed E-state index contributed by atoms with van der Waals surface area (Å²) in [5.74, 6) is 0.893. The molecule has 2 aromatic rings. The smallest absolute Gasteiger partial charge is 0.178 e. The van der Waals surface area contributed by atoms with Crippen molar-refractivity contribution < 1.29 is 9.53 Å². The van der Waals surface area contributed by atoms with Crippen LogP contribution in [0.15, 0.2) is 35.9 Å². The Bertz CT molecular complexity index is 1040. The molecule has 0 fully saturated rings. The molecule has 4 rings (SSSR count). The first kappa shape index (κ1) is 18.5. The fraction of sp³-hybridized carbons (Fsp3) is 0.435. The molecule has 1 aromatic carbocycles. The fourth-order valence-corrected chi connectivity index (χ4v) is 5.33. The number of aromatic nitrogens is 2. The van der Waals surface area contributed by atoms with Crippen LogP contribution in [0.25, 0.3) is 11.3 Å². The molecular weight excluding hydrogens is 350 g/mol. The molecule has 0 spiro atoms. The Labute approximate surface area is 165 Å². The number of carbonyl (C=O) groups is 1. The Hall–Kier alpha value is -2.87. The first-order chi connectivity index (χ1) is 13.2. The number of aryl methyl sites for hydroxylation is 1. The van der Waals surface area contributed by atoms with E-state index in [1.54, 1.807) is 7.11 Å². The second-order valence-corrected chi connectivity index (χ2v) is 8.62. The average molecular weight is 375 g/mol. The van der Waals surface area contributed by atoms with Crippen LogP contribution in [0.2, 0.25) is 0 Å². The number of carbonyl (C=O) groups excluding carboxylic acids is 1. The van der Waals surface area contributed by atoms with Crippen LogP contribution in [0, 0.1) is 22.7 Å². The number of hydrogen-bond donors (Lipinski definition) is 0. The third kappa shape index (κ3) is 2.37. The summed E-state index contributed by atoms with van der Waals surface area (Å²) >= 11 is 0. The van der Waals surface area contributed by atoms with Gasteiger partial charge >= 0.3 is 0 Å². The number of ether oxygens (including phenoxy) is 1. The van der Waals surface area contributed by atoms with Gasteiger partial charge in [-0.2, -0.15) is 10.4 Å². The number of benzene rings is 1. The molecule has 1 aromatic heterocycles. The van der Waals surface area contributed by atoms with Crippen molar-refractivity contribution in [2.24, 2.45) is 18.4 Å². The number of nitrogens with zero attached hydrogens (tertiary/aromatic N) is 3. The largest absolute Gasteiger partial charge is 0.497 e. The second-order valence-electron chi connectivity index (χ2n) is 8.62. The average Bonchev–Trinajstić information content (AvgIpc) is 3.02. The van der Waals surface area contributed by atoms with Crippen LogP contribution in [0.4, 0.5) is 0 Å². The minimum atomic E-state index is -0.579. The normalized spacial score (nSPS) is 25.4. The molecule has 0 radical (unpaired) electrons. The Morgan fingerprint density at radius 3 is 2.54 bits per heavy atom. The standard InChI is InChI=1S/C23H25N3O2/c1-22(2)18-11-10-17-19(14-6-8-16(28-5)9-7-14)26(4)25-20(17)23(18,3)12-15(13-24)21(22)27/h6-9,12,18H,10-11H2,1-5H3/t18?,23-/m0/s1. The van der Waals surface area contributed by atoms with Crippen molar-refractivity contribution in [1.82, 2.24) is 9.78 Å². The van der Waals surface area contributed by atoms with Crippen LogP contribution >= 0.6 is 0 Å². The number of rotatable bonds is 2. The summed E-state index contributed by atoms with van der Waals surface area (Å²) in [4.78, 5) is 12.8. The lowest BCUT2D eigenvalue weighted by Gasteiger charge is -2.49. The minimum Gasteiger partial charge on any atom is -0.497 e. The fourth-order valence-electron chi connectivity index (χ4n) is 5.33. The molecule has 2 aliphatic rings. The van der Waals surface area contributed by atoms with Gasteiger partial charge in [-0.25, -0.2) is 0 Å². The Morgan fingerprint density at radius 1 is 1.25 bits per heavy atom. The van der Waals surface area contributed by atoms with Crippen LogP contribution in [-0.4, -0.2) is 22.7 Å². The highest BCUT2D eigenvalue weighted by Crippen LogP contribution is 2.55. The third-order valence-electron chi connectivity index (χ3n) is 6.69. The zero-order valence-corrected chi connectivity index (χ0v) is 17.0. The highest BCUT2D eigenvalue weighted by atomic mass is 16.5. The van der Waals surface area contributed by atoms with Crippen molar-refractivity contribution >= 4 is 5.78 Å². The molecule has 5 heteroatoms. The van der Waals surface area contributed by atoms with Crippen molar-refractivity contribution in [3.8, 4) is 23.1 Å². The van der Waals surface area contributed by atoms with Gasteiger partial charge in [-0.05, 0) is 43.0 Å². The lowest BCUT2D eigenvalue weighted by Crippen LogP contribution is -2.51. The van der Waals surface area contributed by atoms with E-state index in [2.05, 4.69) is 25.1 Å². The summed E-state index contributed by atoms with van der Waals surface area (Å²) in [6.45, 7) is 6.08. The number of nitriles is 1. The maximum absolute atomic E-state index is 12.8. The van der Waals surface area contributed by atoms with Crippen LogP contribution in [0.1, 0.15) is 38.4 Å². The zero-order valence-electron chi connectivity index (χ0n) is 17.0. The van der Waals surface area contributed by atoms with Crippen molar-refractivity contribution in [2.75, 3.05) is 7.11 Å². The molecule has 0 amide bonds. The van der Waals surface area contributed by atoms with Crippen LogP contribution in [0.3, 0.4) is 0 Å². The number of methoxy groups -OCH3 is 1. The molecule has 2 atom stereocenters. The molecule has 1 unspecified atom stereocenters. The Morgan fingerprint density at radius 2 is 1.93 bits per heavy atom. The maximum Gasteiger partial charge on any atom is 0.178 e. The van der Waals surface area contributed by atoms with Gasteiger partial charge < -0.3 is 4.74 Å². The van der Waals surface area contributed by atoms with E-state index >= 15 is 0 Å². The van der Waals surface area contributed by atoms with Crippen molar-refractivity contribution in [3.05, 3.63) is 47.2 Å². The van der Waals surface area contributed by atoms with Gasteiger partial charge in [0.15, 0.2) is 5.78 Å². The van der Waals surface area contributed by atoms with Gasteiger partial charge in [-0.1, -0.05) is 26.8 Å². The predicted octanol–water partition coefficient (Wildman–Crippen LogP) is 3.97. The second kappa shape index (κ2) is 6.07. The predicted molar refractivity (Wildman–Crippen MR) is 107 cm³/mol. The van der Waals surface area contributed by atoms with Crippen LogP contribution in [0.5, 0.6) is 5.75 Å². The monoisotopic (exact) mass is 375 g/mol. The summed E-state index contributed by atoms with van der Waals surface area (Å²) in [5.41, 5.74) is 3.64. The molecule has 0 N–H and O–H groups in total. The molecule has 0 aliphatic heterocycles. The van der Waals surface area contributed by atoms with E-state index in [0.29, 0.717) is 0 Å². The highest BCUT2D eigenvalue weighted by molar-refractivity contribution is 6.04. The quantitative estimate of drug-likeness (QED) is 0.796. The first-order valence-electron chi connectivity index (χ1n) is 9.62. The van der Waals surface area contributed by atoms with Gasteiger partial charge in [-0.15, -0.1) is 0 Å². The third-order valence-corrected chi connectivity index (χ3v) is 6.69. The van der Waals surface area contributed by atoms with Gasteiger partial charge in [0.2, 0.25) is 0 Å². The summed E-state index contributed by atoms with van der Waals surface area (Å²) in [7, 11) is 3.62. The summed E-state index contributed by atoms with van der Waals surface area (Å²) in [5, 5.41) is 14.5. The van der Waals surface area contributed by atoms with E-state index in [-0.39, 0.29) is 17.3 Å². The zero-order chi connectivity index (χ0) is 20.3. The molecule has 1 heterocycles. The topological polar surface area (TPSA) is 67.9 Å². The first-order valence-corrected chi connectivity index (χ1v) is 9.62. The Kier molecular flexibility index (Phi) is 4.01. The number of Topliss-reactive ketones (excluding diaryl/α,β-unsaturated/α-hetero) is 1. The highest BCUT2D eigenvalue weighted by Gasteiger charge is 2.55. The molecule has 28 heavy (non-hydrogen) atoms. The summed E-state index contributed by atoms with van der Waals surface area (Å²) < 4.78 is 7.21. The van der Waals surface area contributed by atoms with Crippen molar-refractivity contribution in [3.63, 3.8) is 0 Å². The lowest BCUT2D eigenvalue weighted by atomic mass is 9.52. The number of fused-ring (bicyclic) bond motifs is 3.